The molecule has 1 unspecified atom stereocenters. The lowest BCUT2D eigenvalue weighted by Crippen LogP contribution is -2.36. The van der Waals surface area contributed by atoms with Gasteiger partial charge in [-0.05, 0) is 61.2 Å². The van der Waals surface area contributed by atoms with Crippen molar-refractivity contribution in [1.82, 2.24) is 19.8 Å². The van der Waals surface area contributed by atoms with E-state index in [-0.39, 0.29) is 23.5 Å². The fraction of sp³-hybridized carbons (Fsp3) is 0.290. The lowest BCUT2D eigenvalue weighted by molar-refractivity contribution is 0.0773. The number of H-pyrrole nitrogens is 1. The molecule has 196 valence electrons. The predicted molar refractivity (Wildman–Crippen MR) is 147 cm³/mol. The maximum absolute atomic E-state index is 14.6. The van der Waals surface area contributed by atoms with E-state index >= 15 is 0 Å². The number of hydrogen-bond donors (Lipinski definition) is 1. The van der Waals surface area contributed by atoms with Crippen LogP contribution in [0.15, 0.2) is 72.9 Å². The van der Waals surface area contributed by atoms with Crippen molar-refractivity contribution >= 4 is 5.91 Å². The number of halogens is 1. The monoisotopic (exact) mass is 512 g/mol. The number of methoxy groups -OCH3 is 1. The molecule has 0 radical (unpaired) electrons. The van der Waals surface area contributed by atoms with Crippen molar-refractivity contribution in [1.29, 1.82) is 0 Å². The maximum atomic E-state index is 14.6. The molecule has 6 nitrogen and oxygen atoms in total. The molecule has 0 fully saturated rings. The molecule has 1 amide bonds. The Morgan fingerprint density at radius 2 is 1.84 bits per heavy atom. The zero-order valence-corrected chi connectivity index (χ0v) is 22.1. The van der Waals surface area contributed by atoms with Crippen molar-refractivity contribution in [2.24, 2.45) is 0 Å². The summed E-state index contributed by atoms with van der Waals surface area (Å²) in [5.74, 6) is 0.742. The van der Waals surface area contributed by atoms with Crippen LogP contribution in [0, 0.1) is 5.82 Å². The van der Waals surface area contributed by atoms with Crippen molar-refractivity contribution in [2.75, 3.05) is 26.7 Å². The van der Waals surface area contributed by atoms with Crippen molar-refractivity contribution in [3.05, 3.63) is 107 Å². The number of carbonyl (C=O) groups is 1. The predicted octanol–water partition coefficient (Wildman–Crippen LogP) is 5.85. The number of fused-ring (bicyclic) bond motifs is 1. The van der Waals surface area contributed by atoms with Gasteiger partial charge in [-0.1, -0.05) is 42.5 Å². The van der Waals surface area contributed by atoms with Crippen LogP contribution < -0.4 is 4.74 Å². The van der Waals surface area contributed by atoms with Gasteiger partial charge in [0.05, 0.1) is 13.2 Å². The largest absolute Gasteiger partial charge is 0.494 e. The van der Waals surface area contributed by atoms with Crippen LogP contribution in [0.3, 0.4) is 0 Å². The van der Waals surface area contributed by atoms with E-state index in [1.54, 1.807) is 6.07 Å². The van der Waals surface area contributed by atoms with Gasteiger partial charge in [0.25, 0.3) is 5.91 Å². The van der Waals surface area contributed by atoms with Gasteiger partial charge in [0.1, 0.15) is 5.82 Å². The molecule has 1 aliphatic rings. The minimum atomic E-state index is -0.348. The maximum Gasteiger partial charge on any atom is 0.253 e. The molecule has 7 heteroatoms. The van der Waals surface area contributed by atoms with Gasteiger partial charge in [-0.2, -0.15) is 0 Å². The van der Waals surface area contributed by atoms with Crippen LogP contribution in [-0.4, -0.2) is 52.4 Å². The molecule has 1 aromatic heterocycles. The van der Waals surface area contributed by atoms with E-state index in [2.05, 4.69) is 14.9 Å². The SMILES string of the molecule is CCN(CC)C(=O)c1ccc(C2c3cc(OC)c(F)cc3CCN2Cc2cnc(-c3ccccc3)[nH]2)cc1. The minimum Gasteiger partial charge on any atom is -0.494 e. The van der Waals surface area contributed by atoms with E-state index in [9.17, 15) is 9.18 Å². The second-order valence-corrected chi connectivity index (χ2v) is 9.53. The van der Waals surface area contributed by atoms with Gasteiger partial charge in [-0.15, -0.1) is 0 Å². The van der Waals surface area contributed by atoms with Crippen LogP contribution in [0.5, 0.6) is 5.75 Å². The van der Waals surface area contributed by atoms with Crippen LogP contribution in [0.25, 0.3) is 11.4 Å². The summed E-state index contributed by atoms with van der Waals surface area (Å²) in [6.07, 6.45) is 2.61. The normalized spacial score (nSPS) is 15.2. The van der Waals surface area contributed by atoms with E-state index in [1.165, 1.54) is 7.11 Å². The molecule has 0 spiro atoms. The number of nitrogens with zero attached hydrogens (tertiary/aromatic N) is 3. The number of rotatable bonds is 8. The van der Waals surface area contributed by atoms with Crippen LogP contribution in [-0.2, 0) is 13.0 Å². The molecular weight excluding hydrogens is 479 g/mol. The Bertz CT molecular complexity index is 1400. The van der Waals surface area contributed by atoms with Crippen molar-refractivity contribution in [3.63, 3.8) is 0 Å². The summed E-state index contributed by atoms with van der Waals surface area (Å²) in [4.78, 5) is 25.1. The molecular formula is C31H33FN4O2. The van der Waals surface area contributed by atoms with E-state index in [0.29, 0.717) is 25.2 Å². The summed E-state index contributed by atoms with van der Waals surface area (Å²) in [5.41, 5.74) is 5.73. The zero-order valence-electron chi connectivity index (χ0n) is 22.1. The van der Waals surface area contributed by atoms with Crippen molar-refractivity contribution in [3.8, 4) is 17.1 Å². The summed E-state index contributed by atoms with van der Waals surface area (Å²) in [6, 6.07) is 21.2. The highest BCUT2D eigenvalue weighted by Crippen LogP contribution is 2.39. The molecule has 5 rings (SSSR count). The second-order valence-electron chi connectivity index (χ2n) is 9.53. The van der Waals surface area contributed by atoms with Gasteiger partial charge in [0.15, 0.2) is 11.6 Å². The molecule has 38 heavy (non-hydrogen) atoms. The van der Waals surface area contributed by atoms with Gasteiger partial charge < -0.3 is 14.6 Å². The van der Waals surface area contributed by atoms with E-state index in [0.717, 1.165) is 46.7 Å². The third-order valence-electron chi connectivity index (χ3n) is 7.31. The number of carbonyl (C=O) groups excluding carboxylic acids is 1. The summed E-state index contributed by atoms with van der Waals surface area (Å²) >= 11 is 0. The fourth-order valence-corrected chi connectivity index (χ4v) is 5.29. The van der Waals surface area contributed by atoms with Crippen molar-refractivity contribution < 1.29 is 13.9 Å². The Hall–Kier alpha value is -3.97. The molecule has 4 aromatic rings. The van der Waals surface area contributed by atoms with Gasteiger partial charge in [0.2, 0.25) is 0 Å². The highest BCUT2D eigenvalue weighted by atomic mass is 19.1. The third-order valence-corrected chi connectivity index (χ3v) is 7.31. The van der Waals surface area contributed by atoms with Gasteiger partial charge in [-0.3, -0.25) is 9.69 Å². The molecule has 0 aliphatic carbocycles. The first-order valence-electron chi connectivity index (χ1n) is 13.1. The summed E-state index contributed by atoms with van der Waals surface area (Å²) < 4.78 is 19.9. The molecule has 2 heterocycles. The Labute approximate surface area is 223 Å². The first kappa shape index (κ1) is 25.7. The number of aromatic amines is 1. The molecule has 1 atom stereocenters. The van der Waals surface area contributed by atoms with Crippen LogP contribution in [0.2, 0.25) is 0 Å². The fourth-order valence-electron chi connectivity index (χ4n) is 5.29. The Morgan fingerprint density at radius 3 is 2.53 bits per heavy atom. The van der Waals surface area contributed by atoms with Crippen LogP contribution >= 0.6 is 0 Å². The number of aromatic nitrogens is 2. The Morgan fingerprint density at radius 1 is 1.11 bits per heavy atom. The quantitative estimate of drug-likeness (QED) is 0.322. The van der Waals surface area contributed by atoms with Crippen molar-refractivity contribution in [2.45, 2.75) is 32.9 Å². The lowest BCUT2D eigenvalue weighted by Gasteiger charge is -2.37. The van der Waals surface area contributed by atoms with Gasteiger partial charge in [-0.25, -0.2) is 9.37 Å². The first-order valence-corrected chi connectivity index (χ1v) is 13.1. The smallest absolute Gasteiger partial charge is 0.253 e. The number of imidazole rings is 1. The third kappa shape index (κ3) is 5.07. The second kappa shape index (κ2) is 11.2. The average molecular weight is 513 g/mol. The van der Waals surface area contributed by atoms with E-state index in [4.69, 9.17) is 4.74 Å². The number of amides is 1. The highest BCUT2D eigenvalue weighted by molar-refractivity contribution is 5.94. The summed E-state index contributed by atoms with van der Waals surface area (Å²) in [6.45, 7) is 6.70. The molecule has 1 N–H and O–H groups in total. The van der Waals surface area contributed by atoms with E-state index < -0.39 is 0 Å². The Kier molecular flexibility index (Phi) is 7.56. The minimum absolute atomic E-state index is 0.0251. The number of benzene rings is 3. The topological polar surface area (TPSA) is 61.5 Å². The van der Waals surface area contributed by atoms with Crippen LogP contribution in [0.1, 0.15) is 52.6 Å². The standard InChI is InChI=1S/C31H33FN4O2/c1-4-35(5-2)31(37)23-13-11-21(12-14-23)29-26-18-28(38-3)27(32)17-24(26)15-16-36(29)20-25-19-33-30(34-25)22-9-7-6-8-10-22/h6-14,17-19,29H,4-5,15-16,20H2,1-3H3,(H,33,34). The summed E-state index contributed by atoms with van der Waals surface area (Å²) in [5, 5.41) is 0. The highest BCUT2D eigenvalue weighted by Gasteiger charge is 2.31. The van der Waals surface area contributed by atoms with Gasteiger partial charge in [0, 0.05) is 49.2 Å². The van der Waals surface area contributed by atoms with Gasteiger partial charge >= 0.3 is 0 Å². The average Bonchev–Trinajstić information content (AvgIpc) is 3.42. The molecule has 3 aromatic carbocycles. The van der Waals surface area contributed by atoms with Crippen LogP contribution in [0.4, 0.5) is 4.39 Å². The number of nitrogens with one attached hydrogen (secondary N) is 1. The first-order chi connectivity index (χ1) is 18.5. The zero-order chi connectivity index (χ0) is 26.6. The number of ether oxygens (including phenoxy) is 1. The number of hydrogen-bond acceptors (Lipinski definition) is 4. The lowest BCUT2D eigenvalue weighted by atomic mass is 9.87. The van der Waals surface area contributed by atoms with E-state index in [1.807, 2.05) is 85.6 Å². The molecule has 0 saturated carbocycles. The summed E-state index contributed by atoms with van der Waals surface area (Å²) in [7, 11) is 1.49. The molecule has 0 bridgehead atoms. The Balaban J connectivity index is 1.49. The molecule has 1 aliphatic heterocycles. The molecule has 0 saturated heterocycles.